The Morgan fingerprint density at radius 1 is 1.13 bits per heavy atom. The highest BCUT2D eigenvalue weighted by atomic mass is 35.5. The van der Waals surface area contributed by atoms with Gasteiger partial charge in [-0.3, -0.25) is 4.79 Å². The fourth-order valence-corrected chi connectivity index (χ4v) is 3.30. The topological polar surface area (TPSA) is 84.6 Å². The maximum Gasteiger partial charge on any atom is 0.260 e. The van der Waals surface area contributed by atoms with Gasteiger partial charge in [-0.1, -0.05) is 23.7 Å². The zero-order valence-corrected chi connectivity index (χ0v) is 17.4. The maximum absolute atomic E-state index is 12.4. The SMILES string of the molecule is CCc1nc(-c2ccc(N3CCN(C(=O)COc4ccc(Cl)cc4)CC3)nc2)no1. The van der Waals surface area contributed by atoms with Crippen LogP contribution in [0.3, 0.4) is 0 Å². The number of halogens is 1. The third kappa shape index (κ3) is 4.71. The lowest BCUT2D eigenvalue weighted by molar-refractivity contribution is -0.133. The minimum absolute atomic E-state index is 0.0129. The lowest BCUT2D eigenvalue weighted by Crippen LogP contribution is -2.50. The van der Waals surface area contributed by atoms with Crippen molar-refractivity contribution in [2.24, 2.45) is 0 Å². The number of aromatic nitrogens is 3. The van der Waals surface area contributed by atoms with Crippen molar-refractivity contribution >= 4 is 23.3 Å². The van der Waals surface area contributed by atoms with E-state index in [4.69, 9.17) is 20.9 Å². The maximum atomic E-state index is 12.4. The number of hydrogen-bond donors (Lipinski definition) is 0. The van der Waals surface area contributed by atoms with Gasteiger partial charge in [0.2, 0.25) is 11.7 Å². The van der Waals surface area contributed by atoms with Crippen LogP contribution in [0.4, 0.5) is 5.82 Å². The van der Waals surface area contributed by atoms with Gasteiger partial charge in [-0.25, -0.2) is 4.98 Å². The van der Waals surface area contributed by atoms with Crippen molar-refractivity contribution in [2.45, 2.75) is 13.3 Å². The lowest BCUT2D eigenvalue weighted by atomic mass is 10.2. The number of rotatable bonds is 6. The van der Waals surface area contributed by atoms with E-state index in [1.165, 1.54) is 0 Å². The van der Waals surface area contributed by atoms with Crippen LogP contribution in [0.1, 0.15) is 12.8 Å². The summed E-state index contributed by atoms with van der Waals surface area (Å²) < 4.78 is 10.7. The molecule has 1 saturated heterocycles. The molecule has 0 N–H and O–H groups in total. The van der Waals surface area contributed by atoms with E-state index >= 15 is 0 Å². The third-order valence-electron chi connectivity index (χ3n) is 4.91. The minimum atomic E-state index is -0.0308. The molecule has 0 atom stereocenters. The van der Waals surface area contributed by atoms with E-state index in [1.807, 2.05) is 24.0 Å². The highest BCUT2D eigenvalue weighted by Gasteiger charge is 2.22. The Labute approximate surface area is 179 Å². The summed E-state index contributed by atoms with van der Waals surface area (Å²) in [5, 5.41) is 4.60. The fraction of sp³-hybridized carbons (Fsp3) is 0.333. The van der Waals surface area contributed by atoms with E-state index in [9.17, 15) is 4.79 Å². The minimum Gasteiger partial charge on any atom is -0.484 e. The number of carbonyl (C=O) groups excluding carboxylic acids is 1. The second-order valence-electron chi connectivity index (χ2n) is 6.88. The summed E-state index contributed by atoms with van der Waals surface area (Å²) in [4.78, 5) is 25.2. The summed E-state index contributed by atoms with van der Waals surface area (Å²) >= 11 is 5.86. The van der Waals surface area contributed by atoms with Gasteiger partial charge in [0.1, 0.15) is 11.6 Å². The van der Waals surface area contributed by atoms with Gasteiger partial charge in [0.15, 0.2) is 6.61 Å². The highest BCUT2D eigenvalue weighted by molar-refractivity contribution is 6.30. The van der Waals surface area contributed by atoms with Gasteiger partial charge in [-0.15, -0.1) is 0 Å². The van der Waals surface area contributed by atoms with Crippen molar-refractivity contribution in [1.82, 2.24) is 20.0 Å². The zero-order valence-electron chi connectivity index (χ0n) is 16.6. The number of piperazine rings is 1. The lowest BCUT2D eigenvalue weighted by Gasteiger charge is -2.35. The molecule has 1 fully saturated rings. The fourth-order valence-electron chi connectivity index (χ4n) is 3.17. The summed E-state index contributed by atoms with van der Waals surface area (Å²) in [5.74, 6) is 2.61. The molecule has 30 heavy (non-hydrogen) atoms. The first kappa shape index (κ1) is 20.2. The average molecular weight is 428 g/mol. The predicted molar refractivity (Wildman–Crippen MR) is 113 cm³/mol. The Kier molecular flexibility index (Phi) is 6.13. The van der Waals surface area contributed by atoms with Gasteiger partial charge < -0.3 is 19.1 Å². The van der Waals surface area contributed by atoms with Crippen LogP contribution in [0.15, 0.2) is 47.1 Å². The second kappa shape index (κ2) is 9.13. The van der Waals surface area contributed by atoms with E-state index in [1.54, 1.807) is 30.5 Å². The Bertz CT molecular complexity index is 983. The molecule has 1 aliphatic rings. The van der Waals surface area contributed by atoms with Crippen LogP contribution in [0.2, 0.25) is 5.02 Å². The number of amides is 1. The molecule has 3 heterocycles. The first-order valence-corrected chi connectivity index (χ1v) is 10.2. The Morgan fingerprint density at radius 2 is 1.90 bits per heavy atom. The summed E-state index contributed by atoms with van der Waals surface area (Å²) in [5.41, 5.74) is 0.815. The molecule has 0 aliphatic carbocycles. The smallest absolute Gasteiger partial charge is 0.260 e. The van der Waals surface area contributed by atoms with Gasteiger partial charge in [0.05, 0.1) is 0 Å². The molecule has 1 amide bonds. The molecule has 0 unspecified atom stereocenters. The molecular weight excluding hydrogens is 406 g/mol. The molecule has 9 heteroatoms. The third-order valence-corrected chi connectivity index (χ3v) is 5.16. The molecule has 8 nitrogen and oxygen atoms in total. The van der Waals surface area contributed by atoms with E-state index in [-0.39, 0.29) is 12.5 Å². The molecule has 0 bridgehead atoms. The Balaban J connectivity index is 1.28. The Hall–Kier alpha value is -3.13. The molecule has 0 radical (unpaired) electrons. The summed E-state index contributed by atoms with van der Waals surface area (Å²) in [7, 11) is 0. The quantitative estimate of drug-likeness (QED) is 0.597. The van der Waals surface area contributed by atoms with Crippen molar-refractivity contribution in [3.63, 3.8) is 0 Å². The molecule has 3 aromatic rings. The van der Waals surface area contributed by atoms with Crippen LogP contribution in [0, 0.1) is 0 Å². The van der Waals surface area contributed by atoms with E-state index in [2.05, 4.69) is 20.0 Å². The highest BCUT2D eigenvalue weighted by Crippen LogP contribution is 2.20. The summed E-state index contributed by atoms with van der Waals surface area (Å²) in [6.45, 7) is 4.64. The van der Waals surface area contributed by atoms with Crippen LogP contribution in [-0.2, 0) is 11.2 Å². The van der Waals surface area contributed by atoms with Gasteiger partial charge >= 0.3 is 0 Å². The predicted octanol–water partition coefficient (Wildman–Crippen LogP) is 3.08. The number of hydrogen-bond acceptors (Lipinski definition) is 7. The molecule has 1 aromatic carbocycles. The number of pyridine rings is 1. The van der Waals surface area contributed by atoms with Crippen molar-refractivity contribution in [3.8, 4) is 17.1 Å². The molecule has 0 saturated carbocycles. The Morgan fingerprint density at radius 3 is 2.53 bits per heavy atom. The van der Waals surface area contributed by atoms with Crippen LogP contribution >= 0.6 is 11.6 Å². The number of ether oxygens (including phenoxy) is 1. The van der Waals surface area contributed by atoms with Crippen molar-refractivity contribution in [1.29, 1.82) is 0 Å². The summed E-state index contributed by atoms with van der Waals surface area (Å²) in [6.07, 6.45) is 2.45. The number of benzene rings is 1. The number of anilines is 1. The first-order chi connectivity index (χ1) is 14.6. The van der Waals surface area contributed by atoms with Crippen molar-refractivity contribution in [3.05, 3.63) is 53.5 Å². The average Bonchev–Trinajstić information content (AvgIpc) is 3.28. The van der Waals surface area contributed by atoms with Crippen molar-refractivity contribution in [2.75, 3.05) is 37.7 Å². The number of nitrogens with zero attached hydrogens (tertiary/aromatic N) is 5. The zero-order chi connectivity index (χ0) is 20.9. The second-order valence-corrected chi connectivity index (χ2v) is 7.32. The number of aryl methyl sites for hydroxylation is 1. The molecule has 156 valence electrons. The first-order valence-electron chi connectivity index (χ1n) is 9.82. The molecule has 4 rings (SSSR count). The van der Waals surface area contributed by atoms with Crippen LogP contribution in [-0.4, -0.2) is 58.7 Å². The monoisotopic (exact) mass is 427 g/mol. The largest absolute Gasteiger partial charge is 0.484 e. The van der Waals surface area contributed by atoms with E-state index in [0.29, 0.717) is 55.1 Å². The van der Waals surface area contributed by atoms with Gasteiger partial charge in [0.25, 0.3) is 5.91 Å². The molecule has 2 aromatic heterocycles. The van der Waals surface area contributed by atoms with Crippen LogP contribution in [0.5, 0.6) is 5.75 Å². The molecule has 1 aliphatic heterocycles. The number of carbonyl (C=O) groups is 1. The van der Waals surface area contributed by atoms with Gasteiger partial charge in [-0.05, 0) is 36.4 Å². The van der Waals surface area contributed by atoms with E-state index in [0.717, 1.165) is 11.4 Å². The van der Waals surface area contributed by atoms with Crippen molar-refractivity contribution < 1.29 is 14.1 Å². The normalized spacial score (nSPS) is 14.1. The standard InChI is InChI=1S/C21H22ClN5O3/c1-2-19-24-21(25-30-19)15-3-8-18(23-13-15)26-9-11-27(12-10-26)20(28)14-29-17-6-4-16(22)5-7-17/h3-8,13H,2,9-12,14H2,1H3. The van der Waals surface area contributed by atoms with Gasteiger partial charge in [-0.2, -0.15) is 4.98 Å². The van der Waals surface area contributed by atoms with Crippen LogP contribution < -0.4 is 9.64 Å². The summed E-state index contributed by atoms with van der Waals surface area (Å²) in [6, 6.07) is 10.9. The molecular formula is C21H22ClN5O3. The van der Waals surface area contributed by atoms with E-state index < -0.39 is 0 Å². The van der Waals surface area contributed by atoms with Crippen LogP contribution in [0.25, 0.3) is 11.4 Å². The van der Waals surface area contributed by atoms with Gasteiger partial charge in [0, 0.05) is 49.4 Å². The molecule has 0 spiro atoms.